The Balaban J connectivity index is 1.87. The van der Waals surface area contributed by atoms with E-state index in [4.69, 9.17) is 5.11 Å². The van der Waals surface area contributed by atoms with Gasteiger partial charge in [-0.25, -0.2) is 0 Å². The maximum atomic E-state index is 9.62. The normalized spacial score (nSPS) is 16.8. The zero-order chi connectivity index (χ0) is 13.2. The van der Waals surface area contributed by atoms with E-state index < -0.39 is 0 Å². The van der Waals surface area contributed by atoms with Gasteiger partial charge in [-0.05, 0) is 74.2 Å². The molecule has 0 aliphatic heterocycles. The minimum atomic E-state index is 0.234. The van der Waals surface area contributed by atoms with Crippen LogP contribution in [0.5, 0.6) is 5.75 Å². The first kappa shape index (κ1) is 14.3. The van der Waals surface area contributed by atoms with E-state index in [0.29, 0.717) is 14.4 Å². The maximum absolute atomic E-state index is 9.62. The molecule has 1 aliphatic rings. The number of aliphatic hydroxyl groups excluding tert-OH is 1. The highest BCUT2D eigenvalue weighted by molar-refractivity contribution is 9.11. The summed E-state index contributed by atoms with van der Waals surface area (Å²) in [5.41, 5.74) is 1.45. The van der Waals surface area contributed by atoms with Gasteiger partial charge in [0.1, 0.15) is 5.75 Å². The zero-order valence-electron chi connectivity index (χ0n) is 10.0. The Bertz CT molecular complexity index is 410. The van der Waals surface area contributed by atoms with Gasteiger partial charge in [-0.15, -0.1) is 0 Å². The number of phenols is 1. The molecule has 0 unspecified atom stereocenters. The summed E-state index contributed by atoms with van der Waals surface area (Å²) < 4.78 is 1.40. The van der Waals surface area contributed by atoms with Crippen molar-refractivity contribution in [3.05, 3.63) is 26.6 Å². The fourth-order valence-electron chi connectivity index (χ4n) is 2.12. The number of aliphatic hydroxyl groups is 1. The van der Waals surface area contributed by atoms with Crippen molar-refractivity contribution in [3.8, 4) is 5.75 Å². The second-order valence-electron chi connectivity index (χ2n) is 4.99. The quantitative estimate of drug-likeness (QED) is 0.712. The van der Waals surface area contributed by atoms with Crippen LogP contribution in [0.3, 0.4) is 0 Å². The van der Waals surface area contributed by atoms with E-state index >= 15 is 0 Å². The first-order chi connectivity index (χ1) is 8.56. The van der Waals surface area contributed by atoms with Crippen LogP contribution in [0.4, 0.5) is 0 Å². The van der Waals surface area contributed by atoms with E-state index in [1.807, 2.05) is 12.1 Å². The molecule has 1 saturated carbocycles. The van der Waals surface area contributed by atoms with Gasteiger partial charge in [-0.3, -0.25) is 0 Å². The Kier molecular flexibility index (Phi) is 4.69. The van der Waals surface area contributed by atoms with Gasteiger partial charge in [-0.1, -0.05) is 0 Å². The lowest BCUT2D eigenvalue weighted by atomic mass is 10.0. The lowest BCUT2D eigenvalue weighted by molar-refractivity contribution is 0.245. The van der Waals surface area contributed by atoms with E-state index in [-0.39, 0.29) is 12.4 Å². The van der Waals surface area contributed by atoms with Crippen LogP contribution in [0, 0.1) is 5.41 Å². The molecule has 0 bridgehead atoms. The first-order valence-electron chi connectivity index (χ1n) is 6.05. The Hall–Kier alpha value is -0.100. The van der Waals surface area contributed by atoms with Gasteiger partial charge in [0.2, 0.25) is 0 Å². The summed E-state index contributed by atoms with van der Waals surface area (Å²) in [6.45, 7) is 1.99. The molecule has 1 aromatic carbocycles. The van der Waals surface area contributed by atoms with E-state index in [0.717, 1.165) is 25.1 Å². The molecule has 0 atom stereocenters. The van der Waals surface area contributed by atoms with E-state index in [9.17, 15) is 5.11 Å². The van der Waals surface area contributed by atoms with Crippen LogP contribution in [0.25, 0.3) is 0 Å². The topological polar surface area (TPSA) is 52.5 Å². The average Bonchev–Trinajstić information content (AvgIpc) is 3.06. The molecule has 0 saturated heterocycles. The van der Waals surface area contributed by atoms with Crippen molar-refractivity contribution in [3.63, 3.8) is 0 Å². The van der Waals surface area contributed by atoms with E-state index in [2.05, 4.69) is 37.2 Å². The number of rotatable bonds is 6. The number of halogens is 2. The lowest BCUT2D eigenvalue weighted by Gasteiger charge is -2.15. The predicted molar refractivity (Wildman–Crippen MR) is 78.6 cm³/mol. The largest absolute Gasteiger partial charge is 0.506 e. The summed E-state index contributed by atoms with van der Waals surface area (Å²) in [7, 11) is 0. The molecule has 3 N–H and O–H groups in total. The van der Waals surface area contributed by atoms with Gasteiger partial charge in [0, 0.05) is 19.7 Å². The Morgan fingerprint density at radius 2 is 1.83 bits per heavy atom. The first-order valence-corrected chi connectivity index (χ1v) is 7.63. The predicted octanol–water partition coefficient (Wildman–Crippen LogP) is 3.17. The van der Waals surface area contributed by atoms with Crippen molar-refractivity contribution in [1.29, 1.82) is 0 Å². The summed E-state index contributed by atoms with van der Waals surface area (Å²) in [4.78, 5) is 0. The van der Waals surface area contributed by atoms with Crippen LogP contribution in [-0.2, 0) is 6.54 Å². The number of hydrogen-bond donors (Lipinski definition) is 3. The number of phenolic OH excluding ortho intramolecular Hbond substituents is 1. The van der Waals surface area contributed by atoms with Gasteiger partial charge in [0.15, 0.2) is 0 Å². The molecule has 18 heavy (non-hydrogen) atoms. The fourth-order valence-corrected chi connectivity index (χ4v) is 3.40. The molecule has 0 aromatic heterocycles. The van der Waals surface area contributed by atoms with Crippen molar-refractivity contribution in [2.45, 2.75) is 25.8 Å². The third kappa shape index (κ3) is 3.47. The summed E-state index contributed by atoms with van der Waals surface area (Å²) in [5, 5.41) is 22.0. The van der Waals surface area contributed by atoms with Crippen molar-refractivity contribution < 1.29 is 10.2 Å². The third-order valence-electron chi connectivity index (χ3n) is 3.51. The Morgan fingerprint density at radius 3 is 2.33 bits per heavy atom. The average molecular weight is 379 g/mol. The Morgan fingerprint density at radius 1 is 1.22 bits per heavy atom. The lowest BCUT2D eigenvalue weighted by Crippen LogP contribution is -2.24. The number of hydrogen-bond acceptors (Lipinski definition) is 3. The van der Waals surface area contributed by atoms with Crippen molar-refractivity contribution in [1.82, 2.24) is 5.32 Å². The van der Waals surface area contributed by atoms with Gasteiger partial charge in [0.05, 0.1) is 8.95 Å². The van der Waals surface area contributed by atoms with Gasteiger partial charge in [0.25, 0.3) is 0 Å². The van der Waals surface area contributed by atoms with Crippen LogP contribution in [0.2, 0.25) is 0 Å². The summed E-state index contributed by atoms with van der Waals surface area (Å²) in [6.07, 6.45) is 3.32. The fraction of sp³-hybridized carbons (Fsp3) is 0.538. The van der Waals surface area contributed by atoms with Crippen molar-refractivity contribution in [2.24, 2.45) is 5.41 Å². The van der Waals surface area contributed by atoms with Crippen LogP contribution < -0.4 is 5.32 Å². The highest BCUT2D eigenvalue weighted by Gasteiger charge is 2.41. The second-order valence-corrected chi connectivity index (χ2v) is 6.69. The highest BCUT2D eigenvalue weighted by Crippen LogP contribution is 2.47. The molecule has 100 valence electrons. The molecular weight excluding hydrogens is 362 g/mol. The molecule has 1 aliphatic carbocycles. The number of benzene rings is 1. The van der Waals surface area contributed by atoms with E-state index in [1.54, 1.807) is 0 Å². The highest BCUT2D eigenvalue weighted by atomic mass is 79.9. The summed E-state index contributed by atoms with van der Waals surface area (Å²) in [6, 6.07) is 3.83. The molecule has 2 rings (SSSR count). The second kappa shape index (κ2) is 5.90. The monoisotopic (exact) mass is 377 g/mol. The molecule has 5 heteroatoms. The molecule has 0 radical (unpaired) electrons. The van der Waals surface area contributed by atoms with Crippen LogP contribution in [0.1, 0.15) is 24.8 Å². The standard InChI is InChI=1S/C13H17Br2NO2/c14-10-5-9(6-11(15)12(10)18)7-16-8-13(1-2-13)3-4-17/h5-6,16-18H,1-4,7-8H2. The number of nitrogens with one attached hydrogen (secondary N) is 1. The van der Waals surface area contributed by atoms with Gasteiger partial charge in [-0.2, -0.15) is 0 Å². The molecule has 1 aromatic rings. The van der Waals surface area contributed by atoms with Gasteiger partial charge >= 0.3 is 0 Å². The van der Waals surface area contributed by atoms with Gasteiger partial charge < -0.3 is 15.5 Å². The molecule has 0 amide bonds. The van der Waals surface area contributed by atoms with Crippen molar-refractivity contribution in [2.75, 3.05) is 13.2 Å². The smallest absolute Gasteiger partial charge is 0.143 e. The summed E-state index contributed by atoms with van der Waals surface area (Å²) in [5.74, 6) is 0.234. The molecule has 1 fully saturated rings. The van der Waals surface area contributed by atoms with Crippen LogP contribution >= 0.6 is 31.9 Å². The van der Waals surface area contributed by atoms with Crippen LogP contribution in [0.15, 0.2) is 21.1 Å². The molecular formula is C13H17Br2NO2. The molecule has 3 nitrogen and oxygen atoms in total. The van der Waals surface area contributed by atoms with Crippen LogP contribution in [-0.4, -0.2) is 23.4 Å². The number of aromatic hydroxyl groups is 1. The minimum Gasteiger partial charge on any atom is -0.506 e. The van der Waals surface area contributed by atoms with E-state index in [1.165, 1.54) is 12.8 Å². The minimum absolute atomic E-state index is 0.234. The molecule has 0 heterocycles. The van der Waals surface area contributed by atoms with Crippen molar-refractivity contribution >= 4 is 31.9 Å². The maximum Gasteiger partial charge on any atom is 0.143 e. The molecule has 0 spiro atoms. The third-order valence-corrected chi connectivity index (χ3v) is 4.71. The Labute approximate surface area is 124 Å². The summed E-state index contributed by atoms with van der Waals surface area (Å²) >= 11 is 6.65. The SMILES string of the molecule is OCCC1(CNCc2cc(Br)c(O)c(Br)c2)CC1. The zero-order valence-corrected chi connectivity index (χ0v) is 13.2.